The van der Waals surface area contributed by atoms with E-state index in [2.05, 4.69) is 11.4 Å². The molecule has 1 aliphatic heterocycles. The van der Waals surface area contributed by atoms with Gasteiger partial charge in [-0.05, 0) is 41.9 Å². The molecule has 20 heavy (non-hydrogen) atoms. The first-order valence-electron chi connectivity index (χ1n) is 6.36. The summed E-state index contributed by atoms with van der Waals surface area (Å²) in [4.78, 5) is 13.8. The average Bonchev–Trinajstić information content (AvgIpc) is 2.67. The second kappa shape index (κ2) is 5.85. The van der Waals surface area contributed by atoms with Crippen LogP contribution in [0.5, 0.6) is 0 Å². The zero-order valence-corrected chi connectivity index (χ0v) is 12.2. The number of hydrogen-bond acceptors (Lipinski definition) is 3. The third kappa shape index (κ3) is 3.03. The van der Waals surface area contributed by atoms with Crippen molar-refractivity contribution < 1.29 is 4.79 Å². The summed E-state index contributed by atoms with van der Waals surface area (Å²) in [6.07, 6.45) is 1.75. The van der Waals surface area contributed by atoms with E-state index in [-0.39, 0.29) is 5.91 Å². The molecule has 0 aliphatic carbocycles. The van der Waals surface area contributed by atoms with Gasteiger partial charge in [0.15, 0.2) is 5.11 Å². The molecule has 4 nitrogen and oxygen atoms in total. The maximum atomic E-state index is 12.2. The molecular formula is C15H15N3OS. The van der Waals surface area contributed by atoms with E-state index < -0.39 is 0 Å². The number of nitrogens with one attached hydrogen (secondary N) is 1. The van der Waals surface area contributed by atoms with Crippen molar-refractivity contribution in [3.8, 4) is 6.07 Å². The van der Waals surface area contributed by atoms with Crippen LogP contribution in [-0.4, -0.2) is 22.5 Å². The van der Waals surface area contributed by atoms with Crippen molar-refractivity contribution in [2.45, 2.75) is 13.8 Å². The van der Waals surface area contributed by atoms with E-state index in [4.69, 9.17) is 17.5 Å². The molecule has 1 heterocycles. The Kier molecular flexibility index (Phi) is 4.16. The Balaban J connectivity index is 2.21. The lowest BCUT2D eigenvalue weighted by Crippen LogP contribution is -2.33. The minimum absolute atomic E-state index is 0.104. The molecule has 1 aromatic carbocycles. The summed E-state index contributed by atoms with van der Waals surface area (Å²) in [5.41, 5.74) is 1.92. The molecule has 1 aromatic rings. The fourth-order valence-electron chi connectivity index (χ4n) is 1.92. The standard InChI is InChI=1S/C15H15N3OS/c1-10(2)9-18-14(19)13(17-15(18)20)7-11-3-5-12(8-16)6-4-11/h3-7,10H,9H2,1-2H3,(H,17,20). The molecule has 2 rings (SSSR count). The number of nitrogens with zero attached hydrogens (tertiary/aromatic N) is 2. The van der Waals surface area contributed by atoms with Crippen LogP contribution in [-0.2, 0) is 4.79 Å². The average molecular weight is 285 g/mol. The summed E-state index contributed by atoms with van der Waals surface area (Å²) < 4.78 is 0. The van der Waals surface area contributed by atoms with Gasteiger partial charge in [-0.25, -0.2) is 0 Å². The summed E-state index contributed by atoms with van der Waals surface area (Å²) in [5, 5.41) is 12.1. The molecule has 0 aromatic heterocycles. The summed E-state index contributed by atoms with van der Waals surface area (Å²) in [7, 11) is 0. The van der Waals surface area contributed by atoms with Crippen LogP contribution in [0.2, 0.25) is 0 Å². The molecule has 0 bridgehead atoms. The molecule has 0 spiro atoms. The van der Waals surface area contributed by atoms with Gasteiger partial charge < -0.3 is 5.32 Å². The molecular weight excluding hydrogens is 270 g/mol. The largest absolute Gasteiger partial charge is 0.328 e. The molecule has 5 heteroatoms. The van der Waals surface area contributed by atoms with Gasteiger partial charge in [-0.3, -0.25) is 9.69 Å². The number of hydrogen-bond donors (Lipinski definition) is 1. The van der Waals surface area contributed by atoms with Gasteiger partial charge in [0.1, 0.15) is 5.70 Å². The quantitative estimate of drug-likeness (QED) is 0.684. The lowest BCUT2D eigenvalue weighted by atomic mass is 10.1. The predicted octanol–water partition coefficient (Wildman–Crippen LogP) is 2.27. The molecule has 0 radical (unpaired) electrons. The zero-order chi connectivity index (χ0) is 14.7. The fraction of sp³-hybridized carbons (Fsp3) is 0.267. The number of amides is 1. The van der Waals surface area contributed by atoms with Gasteiger partial charge in [0.25, 0.3) is 5.91 Å². The Bertz CT molecular complexity index is 611. The summed E-state index contributed by atoms with van der Waals surface area (Å²) in [6, 6.07) is 9.10. The van der Waals surface area contributed by atoms with Crippen LogP contribution in [0.3, 0.4) is 0 Å². The van der Waals surface area contributed by atoms with Gasteiger partial charge in [0.2, 0.25) is 0 Å². The minimum Gasteiger partial charge on any atom is -0.328 e. The first-order chi connectivity index (χ1) is 9.51. The van der Waals surface area contributed by atoms with E-state index in [9.17, 15) is 4.79 Å². The Labute approximate surface area is 123 Å². The van der Waals surface area contributed by atoms with Crippen molar-refractivity contribution in [2.24, 2.45) is 5.92 Å². The molecule has 0 atom stereocenters. The smallest absolute Gasteiger partial charge is 0.276 e. The van der Waals surface area contributed by atoms with Gasteiger partial charge in [-0.1, -0.05) is 26.0 Å². The van der Waals surface area contributed by atoms with E-state index in [1.54, 1.807) is 35.2 Å². The number of benzene rings is 1. The molecule has 1 fully saturated rings. The normalized spacial score (nSPS) is 16.7. The number of nitriles is 1. The Morgan fingerprint density at radius 2 is 2.05 bits per heavy atom. The molecule has 0 unspecified atom stereocenters. The monoisotopic (exact) mass is 285 g/mol. The number of carbonyl (C=O) groups is 1. The van der Waals surface area contributed by atoms with Gasteiger partial charge in [0.05, 0.1) is 11.6 Å². The van der Waals surface area contributed by atoms with Crippen molar-refractivity contribution in [3.05, 3.63) is 41.1 Å². The highest BCUT2D eigenvalue weighted by molar-refractivity contribution is 7.80. The highest BCUT2D eigenvalue weighted by Gasteiger charge is 2.30. The van der Waals surface area contributed by atoms with E-state index in [1.807, 2.05) is 13.8 Å². The number of carbonyl (C=O) groups excluding carboxylic acids is 1. The molecule has 1 amide bonds. The predicted molar refractivity (Wildman–Crippen MR) is 81.4 cm³/mol. The molecule has 1 saturated heterocycles. The number of thiocarbonyl (C=S) groups is 1. The van der Waals surface area contributed by atoms with E-state index in [0.29, 0.717) is 28.8 Å². The van der Waals surface area contributed by atoms with Gasteiger partial charge in [-0.2, -0.15) is 5.26 Å². The van der Waals surface area contributed by atoms with Crippen LogP contribution in [0.1, 0.15) is 25.0 Å². The van der Waals surface area contributed by atoms with E-state index in [1.165, 1.54) is 0 Å². The van der Waals surface area contributed by atoms with E-state index in [0.717, 1.165) is 5.56 Å². The lowest BCUT2D eigenvalue weighted by molar-refractivity contribution is -0.122. The van der Waals surface area contributed by atoms with Crippen molar-refractivity contribution in [1.29, 1.82) is 5.26 Å². The summed E-state index contributed by atoms with van der Waals surface area (Å²) in [5.74, 6) is 0.251. The Hall–Kier alpha value is -2.19. The van der Waals surface area contributed by atoms with Crippen molar-refractivity contribution in [2.75, 3.05) is 6.54 Å². The molecule has 102 valence electrons. The lowest BCUT2D eigenvalue weighted by Gasteiger charge is -2.15. The molecule has 0 saturated carbocycles. The van der Waals surface area contributed by atoms with Crippen molar-refractivity contribution in [3.63, 3.8) is 0 Å². The molecule has 1 N–H and O–H groups in total. The third-order valence-electron chi connectivity index (χ3n) is 2.86. The maximum absolute atomic E-state index is 12.2. The minimum atomic E-state index is -0.104. The number of rotatable bonds is 3. The molecule has 1 aliphatic rings. The van der Waals surface area contributed by atoms with Crippen LogP contribution in [0.15, 0.2) is 30.0 Å². The Morgan fingerprint density at radius 3 is 2.60 bits per heavy atom. The van der Waals surface area contributed by atoms with Gasteiger partial charge in [0, 0.05) is 6.54 Å². The van der Waals surface area contributed by atoms with Crippen LogP contribution in [0.4, 0.5) is 0 Å². The summed E-state index contributed by atoms with van der Waals surface area (Å²) >= 11 is 5.18. The maximum Gasteiger partial charge on any atom is 0.276 e. The van der Waals surface area contributed by atoms with Crippen molar-refractivity contribution in [1.82, 2.24) is 10.2 Å². The summed E-state index contributed by atoms with van der Waals surface area (Å²) in [6.45, 7) is 4.69. The highest BCUT2D eigenvalue weighted by Crippen LogP contribution is 2.16. The van der Waals surface area contributed by atoms with Crippen LogP contribution in [0.25, 0.3) is 6.08 Å². The van der Waals surface area contributed by atoms with Gasteiger partial charge >= 0.3 is 0 Å². The van der Waals surface area contributed by atoms with Crippen LogP contribution >= 0.6 is 12.2 Å². The SMILES string of the molecule is CC(C)CN1C(=O)C(=Cc2ccc(C#N)cc2)NC1=S. The third-order valence-corrected chi connectivity index (χ3v) is 3.18. The van der Waals surface area contributed by atoms with Gasteiger partial charge in [-0.15, -0.1) is 0 Å². The topological polar surface area (TPSA) is 56.1 Å². The second-order valence-electron chi connectivity index (χ2n) is 5.03. The van der Waals surface area contributed by atoms with Crippen LogP contribution < -0.4 is 5.32 Å². The first-order valence-corrected chi connectivity index (χ1v) is 6.77. The zero-order valence-electron chi connectivity index (χ0n) is 11.4. The first kappa shape index (κ1) is 14.2. The second-order valence-corrected chi connectivity index (χ2v) is 5.42. The van der Waals surface area contributed by atoms with Crippen molar-refractivity contribution >= 4 is 29.3 Å². The fourth-order valence-corrected chi connectivity index (χ4v) is 2.19. The Morgan fingerprint density at radius 1 is 1.40 bits per heavy atom. The van der Waals surface area contributed by atoms with E-state index >= 15 is 0 Å². The highest BCUT2D eigenvalue weighted by atomic mass is 32.1. The van der Waals surface area contributed by atoms with Crippen LogP contribution in [0, 0.1) is 17.2 Å².